The Balaban J connectivity index is -0.0000000873. The maximum Gasteiger partial charge on any atom is 0.302 e. The Labute approximate surface area is 189 Å². The normalized spacial score (nSPS) is 8.00. The first-order valence-electron chi connectivity index (χ1n) is 8.62. The van der Waals surface area contributed by atoms with Crippen LogP contribution >= 0.6 is 0 Å². The van der Waals surface area contributed by atoms with E-state index in [0.717, 1.165) is 0 Å². The minimum Gasteiger partial charge on any atom is -0.283 e. The van der Waals surface area contributed by atoms with Crippen LogP contribution in [0.15, 0.2) is 0 Å². The molecule has 0 bridgehead atoms. The topological polar surface area (TPSA) is 171 Å². The van der Waals surface area contributed by atoms with Gasteiger partial charge in [-0.25, -0.2) is 0 Å². The third-order valence-corrected chi connectivity index (χ3v) is 2.05. The fraction of sp³-hybridized carbons (Fsp3) is 0.600. The number of hydrogen-bond donors (Lipinski definition) is 0. The second-order valence-corrected chi connectivity index (χ2v) is 6.59. The van der Waals surface area contributed by atoms with Crippen LogP contribution in [-0.4, -0.2) is 109 Å². The van der Waals surface area contributed by atoms with Crippen molar-refractivity contribution in [3.05, 3.63) is 0 Å². The maximum atomic E-state index is 8.46. The summed E-state index contributed by atoms with van der Waals surface area (Å²) in [6.45, 7) is 12.4. The molecule has 0 saturated carbocycles. The fourth-order valence-corrected chi connectivity index (χ4v) is 1.48. The monoisotopic (exact) mass is 528 g/mol. The molecule has 0 fully saturated rings. The second-order valence-electron chi connectivity index (χ2n) is 6.59. The quantitative estimate of drug-likeness (QED) is 0.254. The third kappa shape index (κ3) is 76.2. The van der Waals surface area contributed by atoms with Crippen LogP contribution in [0.25, 0.3) is 0 Å². The van der Waals surface area contributed by atoms with Crippen LogP contribution in [0.2, 0.25) is 0 Å². The van der Waals surface area contributed by atoms with E-state index in [9.17, 15) is 0 Å². The van der Waals surface area contributed by atoms with Gasteiger partial charge in [0, 0.05) is 79.3 Å². The molecule has 0 spiro atoms. The van der Waals surface area contributed by atoms with Gasteiger partial charge in [-0.05, 0) is 0 Å². The molecular formula is C20H40O8Sn+8. The van der Waals surface area contributed by atoms with Crippen LogP contribution in [0.4, 0.5) is 0 Å². The van der Waals surface area contributed by atoms with Crippen LogP contribution in [0.3, 0.4) is 0 Å². The van der Waals surface area contributed by atoms with Gasteiger partial charge in [-0.3, -0.25) is 38.4 Å². The largest absolute Gasteiger partial charge is 0.302 e. The maximum absolute atomic E-state index is 8.46. The molecule has 0 rings (SSSR count). The molecule has 0 aliphatic carbocycles. The molecule has 4 radical (unpaired) electrons. The average Bonchev–Trinajstić information content (AvgIpc) is 2.32. The van der Waals surface area contributed by atoms with Gasteiger partial charge in [-0.15, -0.1) is 0 Å². The Kier molecular flexibility index (Phi) is 31.6. The predicted molar refractivity (Wildman–Crippen MR) is 125 cm³/mol. The van der Waals surface area contributed by atoms with Crippen molar-refractivity contribution in [3.63, 3.8) is 0 Å². The minimum absolute atomic E-state index is 0. The Morgan fingerprint density at radius 3 is 0.379 bits per heavy atom. The summed E-state index contributed by atoms with van der Waals surface area (Å²) in [5.41, 5.74) is 0. The van der Waals surface area contributed by atoms with Crippen molar-refractivity contribution >= 4 is 70.2 Å². The van der Waals surface area contributed by atoms with Gasteiger partial charge in [0.15, 0.2) is 25.7 Å². The van der Waals surface area contributed by atoms with Crippen molar-refractivity contribution in [2.75, 3.05) is 0 Å². The van der Waals surface area contributed by atoms with Crippen molar-refractivity contribution in [1.29, 1.82) is 0 Å². The van der Waals surface area contributed by atoms with Gasteiger partial charge in [0.1, 0.15) is 0 Å². The van der Waals surface area contributed by atoms with Gasteiger partial charge >= 0.3 is 46.3 Å². The molecule has 8 nitrogen and oxygen atoms in total. The Morgan fingerprint density at radius 2 is 0.379 bits per heavy atom. The Hall–Kier alpha value is -1.84. The summed E-state index contributed by atoms with van der Waals surface area (Å²) in [5, 5.41) is 0. The molecule has 0 aromatic heterocycles. The van der Waals surface area contributed by atoms with E-state index in [2.05, 4.69) is 0 Å². The first-order chi connectivity index (χ1) is 12.5. The van der Waals surface area contributed by atoms with Crippen molar-refractivity contribution in [2.24, 2.45) is 0 Å². The van der Waals surface area contributed by atoms with Gasteiger partial charge in [-0.1, -0.05) is 0 Å². The zero-order valence-corrected chi connectivity index (χ0v) is 21.8. The number of rotatable bonds is 8. The first-order valence-corrected chi connectivity index (χ1v) is 8.62. The molecule has 0 unspecified atom stereocenters. The zero-order chi connectivity index (χ0) is 23.4. The van der Waals surface area contributed by atoms with Gasteiger partial charge < -0.3 is 0 Å². The van der Waals surface area contributed by atoms with Crippen molar-refractivity contribution in [1.82, 2.24) is 0 Å². The van der Waals surface area contributed by atoms with Gasteiger partial charge in [0.2, 0.25) is 0 Å². The molecule has 0 amide bonds. The molecule has 164 valence electrons. The summed E-state index contributed by atoms with van der Waals surface area (Å²) in [6, 6.07) is 0. The van der Waals surface area contributed by atoms with Crippen molar-refractivity contribution < 1.29 is 38.4 Å². The van der Waals surface area contributed by atoms with Gasteiger partial charge in [0.25, 0.3) is 0 Å². The standard InChI is InChI=1S/4C5H8O2.Sn/c4*1-4(6)3-5(2)7;/h4*3H2,1-2H3;/p+8. The van der Waals surface area contributed by atoms with Crippen LogP contribution in [-0.2, 0) is 0 Å². The Morgan fingerprint density at radius 1 is 0.310 bits per heavy atom. The van der Waals surface area contributed by atoms with E-state index in [1.165, 1.54) is 0 Å². The van der Waals surface area contributed by atoms with Gasteiger partial charge in [0.05, 0.1) is 0 Å². The first kappa shape index (κ1) is 37.8. The Bertz CT molecular complexity index is 439. The van der Waals surface area contributed by atoms with Crippen LogP contribution in [0, 0.1) is 0 Å². The second kappa shape index (κ2) is 24.2. The van der Waals surface area contributed by atoms with E-state index in [1.54, 1.807) is 55.4 Å². The summed E-state index contributed by atoms with van der Waals surface area (Å²) >= 11 is 0. The van der Waals surface area contributed by atoms with E-state index in [1.807, 2.05) is 0 Å². The molecule has 8 N–H and O–H groups in total. The number of ketones is 8. The van der Waals surface area contributed by atoms with E-state index in [4.69, 9.17) is 38.4 Å². The molecule has 0 aliphatic heterocycles. The molecule has 0 aromatic rings. The number of hydrogen-bond acceptors (Lipinski definition) is 0. The summed E-state index contributed by atoms with van der Waals surface area (Å²) < 4.78 is 0. The molecule has 29 heavy (non-hydrogen) atoms. The molecule has 0 aliphatic rings. The SMILES string of the molecule is CC(=[OH+])CC(C)=[OH+].CC(=[OH+])CC(C)=[OH+].CC(=[OH+])CC(C)=[OH+].CC(=[OH+])CC(C)=[OH+].[Sn]. The van der Waals surface area contributed by atoms with E-state index in [-0.39, 0.29) is 70.2 Å². The third-order valence-electron chi connectivity index (χ3n) is 2.05. The summed E-state index contributed by atoms with van der Waals surface area (Å²) in [5.74, 6) is 2.00. The van der Waals surface area contributed by atoms with E-state index in [0.29, 0.717) is 25.7 Å². The van der Waals surface area contributed by atoms with Crippen molar-refractivity contribution in [2.45, 2.75) is 81.1 Å². The summed E-state index contributed by atoms with van der Waals surface area (Å²) in [4.78, 5) is 67.7. The zero-order valence-electron chi connectivity index (χ0n) is 18.9. The molecule has 0 atom stereocenters. The minimum atomic E-state index is 0. The van der Waals surface area contributed by atoms with Crippen LogP contribution in [0.1, 0.15) is 81.1 Å². The average molecular weight is 527 g/mol. The fourth-order valence-electron chi connectivity index (χ4n) is 1.48. The smallest absolute Gasteiger partial charge is 0.283 e. The molecule has 0 heterocycles. The predicted octanol–water partition coefficient (Wildman–Crippen LogP) is 1.64. The molecular weight excluding hydrogens is 487 g/mol. The van der Waals surface area contributed by atoms with Crippen LogP contribution < -0.4 is 0 Å². The summed E-state index contributed by atoms with van der Waals surface area (Å²) in [6.07, 6.45) is 1.22. The molecule has 0 saturated heterocycles. The molecule has 9 heteroatoms. The van der Waals surface area contributed by atoms with E-state index < -0.39 is 0 Å². The number of carbonyl (C=O) groups excluding carboxylic acids is 8. The summed E-state index contributed by atoms with van der Waals surface area (Å²) in [7, 11) is 0. The molecule has 0 aromatic carbocycles. The van der Waals surface area contributed by atoms with E-state index >= 15 is 0 Å². The van der Waals surface area contributed by atoms with Crippen LogP contribution in [0.5, 0.6) is 0 Å². The van der Waals surface area contributed by atoms with Crippen molar-refractivity contribution in [3.8, 4) is 0 Å². The van der Waals surface area contributed by atoms with Gasteiger partial charge in [-0.2, -0.15) is 0 Å².